The normalized spacial score (nSPS) is 20.6. The van der Waals surface area contributed by atoms with Crippen LogP contribution >= 0.6 is 0 Å². The third-order valence-corrected chi connectivity index (χ3v) is 10.0. The number of rotatable bonds is 11. The summed E-state index contributed by atoms with van der Waals surface area (Å²) in [5.41, 5.74) is 1.10. The number of hydrogen-bond donors (Lipinski definition) is 2. The van der Waals surface area contributed by atoms with E-state index in [1.165, 1.54) is 30.6 Å². The van der Waals surface area contributed by atoms with Crippen molar-refractivity contribution in [3.05, 3.63) is 48.0 Å². The second kappa shape index (κ2) is 15.2. The monoisotopic (exact) mass is 632 g/mol. The Bertz CT molecular complexity index is 1380. The average molecular weight is 633 g/mol. The Balaban J connectivity index is 1.55. The van der Waals surface area contributed by atoms with Gasteiger partial charge in [-0.1, -0.05) is 6.92 Å². The fraction of sp³-hybridized carbons (Fsp3) is 0.548. The second-order valence-electron chi connectivity index (χ2n) is 11.4. The topological polar surface area (TPSA) is 138 Å². The van der Waals surface area contributed by atoms with Gasteiger partial charge in [-0.3, -0.25) is 14.5 Å². The smallest absolute Gasteiger partial charge is 0.242 e. The van der Waals surface area contributed by atoms with Crippen molar-refractivity contribution in [1.82, 2.24) is 14.1 Å². The highest BCUT2D eigenvalue weighted by Crippen LogP contribution is 2.30. The van der Waals surface area contributed by atoms with Gasteiger partial charge in [-0.25, -0.2) is 8.42 Å². The van der Waals surface area contributed by atoms with Gasteiger partial charge in [0.2, 0.25) is 21.8 Å². The van der Waals surface area contributed by atoms with Crippen LogP contribution in [-0.4, -0.2) is 118 Å². The van der Waals surface area contributed by atoms with Crippen molar-refractivity contribution in [2.45, 2.75) is 43.7 Å². The number of anilines is 1. The first-order chi connectivity index (χ1) is 21.0. The Hall–Kier alpha value is -3.23. The molecule has 2 amide bonds. The molecule has 0 saturated carbocycles. The molecule has 2 aromatic carbocycles. The zero-order valence-electron chi connectivity index (χ0n) is 25.9. The number of ether oxygens (including phenoxy) is 3. The molecule has 2 N–H and O–H groups in total. The summed E-state index contributed by atoms with van der Waals surface area (Å²) in [7, 11) is -0.844. The summed E-state index contributed by atoms with van der Waals surface area (Å²) in [5.74, 6) is 0.368. The van der Waals surface area contributed by atoms with Gasteiger partial charge in [0.15, 0.2) is 0 Å². The lowest BCUT2D eigenvalue weighted by Crippen LogP contribution is -2.48. The molecule has 1 fully saturated rings. The molecule has 1 saturated heterocycles. The number of benzene rings is 2. The van der Waals surface area contributed by atoms with E-state index in [9.17, 15) is 23.1 Å². The molecule has 0 unspecified atom stereocenters. The number of likely N-dealkylation sites (N-methyl/N-ethyl adjacent to an activating group) is 1. The van der Waals surface area contributed by atoms with Gasteiger partial charge < -0.3 is 29.5 Å². The quantitative estimate of drug-likeness (QED) is 0.380. The molecule has 0 aromatic heterocycles. The zero-order chi connectivity index (χ0) is 31.9. The van der Waals surface area contributed by atoms with E-state index in [1.807, 2.05) is 6.92 Å². The molecule has 2 aliphatic heterocycles. The minimum absolute atomic E-state index is 0.00339. The fourth-order valence-electron chi connectivity index (χ4n) is 5.31. The van der Waals surface area contributed by atoms with Crippen LogP contribution in [0.5, 0.6) is 11.5 Å². The van der Waals surface area contributed by atoms with Crippen molar-refractivity contribution in [3.63, 3.8) is 0 Å². The zero-order valence-corrected chi connectivity index (χ0v) is 26.7. The number of fused-ring (bicyclic) bond motifs is 1. The number of carbonyl (C=O) groups excluding carboxylic acids is 2. The Morgan fingerprint density at radius 1 is 1.18 bits per heavy atom. The van der Waals surface area contributed by atoms with Gasteiger partial charge >= 0.3 is 0 Å². The molecule has 2 heterocycles. The molecule has 13 heteroatoms. The maximum absolute atomic E-state index is 13.5. The summed E-state index contributed by atoms with van der Waals surface area (Å²) >= 11 is 0. The minimum atomic E-state index is -3.85. The molecule has 12 nitrogen and oxygen atoms in total. The Morgan fingerprint density at radius 2 is 1.89 bits per heavy atom. The molecule has 3 atom stereocenters. The molecule has 44 heavy (non-hydrogen) atoms. The maximum atomic E-state index is 13.5. The van der Waals surface area contributed by atoms with Gasteiger partial charge in [0.25, 0.3) is 0 Å². The van der Waals surface area contributed by atoms with Crippen LogP contribution in [0, 0.1) is 5.92 Å². The van der Waals surface area contributed by atoms with Gasteiger partial charge in [0.1, 0.15) is 17.6 Å². The number of nitrogens with one attached hydrogen (secondary N) is 1. The van der Waals surface area contributed by atoms with Gasteiger partial charge in [-0.05, 0) is 49.4 Å². The molecule has 0 aliphatic carbocycles. The first-order valence-electron chi connectivity index (χ1n) is 14.9. The van der Waals surface area contributed by atoms with E-state index in [0.29, 0.717) is 48.9 Å². The van der Waals surface area contributed by atoms with Crippen LogP contribution < -0.4 is 14.8 Å². The average Bonchev–Trinajstić information content (AvgIpc) is 3.07. The molecule has 2 aliphatic rings. The first kappa shape index (κ1) is 33.7. The van der Waals surface area contributed by atoms with Crippen molar-refractivity contribution in [3.8, 4) is 11.5 Å². The summed E-state index contributed by atoms with van der Waals surface area (Å²) in [6.45, 7) is 7.27. The number of aliphatic hydroxyl groups excluding tert-OH is 1. The molecular weight excluding hydrogens is 588 g/mol. The van der Waals surface area contributed by atoms with Gasteiger partial charge in [0, 0.05) is 56.8 Å². The predicted octanol–water partition coefficient (Wildman–Crippen LogP) is 1.83. The highest BCUT2D eigenvalue weighted by atomic mass is 32.2. The molecule has 2 aromatic rings. The van der Waals surface area contributed by atoms with E-state index < -0.39 is 22.2 Å². The summed E-state index contributed by atoms with van der Waals surface area (Å²) in [4.78, 5) is 30.2. The fourth-order valence-corrected chi connectivity index (χ4v) is 6.50. The summed E-state index contributed by atoms with van der Waals surface area (Å²) in [6.07, 6.45) is -0.306. The number of morpholine rings is 1. The molecule has 0 spiro atoms. The van der Waals surface area contributed by atoms with E-state index in [2.05, 4.69) is 10.2 Å². The standard InChI is InChI=1S/C31H44N4O8S/c1-22-19-35(23(2)21-36)31(38)18-24-17-25(32-30(37)11-12-34-13-15-42-16-14-34)5-10-28(24)43-29(22)20-33(3)44(39,40)27-8-6-26(41-4)7-9-27/h5-10,17,22-23,29,36H,11-16,18-21H2,1-4H3,(H,32,37)/t22-,23-,29-/m0/s1. The third-order valence-electron chi connectivity index (χ3n) is 8.16. The van der Waals surface area contributed by atoms with Crippen LogP contribution in [0.1, 0.15) is 25.8 Å². The van der Waals surface area contributed by atoms with E-state index >= 15 is 0 Å². The van der Waals surface area contributed by atoms with E-state index in [1.54, 1.807) is 42.2 Å². The molecule has 0 bridgehead atoms. The van der Waals surface area contributed by atoms with Crippen LogP contribution in [0.15, 0.2) is 47.4 Å². The maximum Gasteiger partial charge on any atom is 0.242 e. The van der Waals surface area contributed by atoms with Crippen molar-refractivity contribution in [2.24, 2.45) is 5.92 Å². The van der Waals surface area contributed by atoms with Gasteiger partial charge in [-0.15, -0.1) is 0 Å². The van der Waals surface area contributed by atoms with Crippen LogP contribution in [0.2, 0.25) is 0 Å². The summed E-state index contributed by atoms with van der Waals surface area (Å²) in [6, 6.07) is 10.9. The Labute approximate surface area is 259 Å². The SMILES string of the molecule is COc1ccc(S(=O)(=O)N(C)C[C@@H]2Oc3ccc(NC(=O)CCN4CCOCC4)cc3CC(=O)N([C@@H](C)CO)C[C@@H]2C)cc1. The number of carbonyl (C=O) groups is 2. The van der Waals surface area contributed by atoms with Gasteiger partial charge in [0.05, 0.1) is 50.8 Å². The van der Waals surface area contributed by atoms with Crippen molar-refractivity contribution >= 4 is 27.5 Å². The lowest BCUT2D eigenvalue weighted by atomic mass is 10.0. The third kappa shape index (κ3) is 8.48. The molecule has 242 valence electrons. The van der Waals surface area contributed by atoms with Crippen LogP contribution in [0.3, 0.4) is 0 Å². The summed E-state index contributed by atoms with van der Waals surface area (Å²) < 4.78 is 45.1. The number of nitrogens with zero attached hydrogens (tertiary/aromatic N) is 3. The van der Waals surface area contributed by atoms with Crippen LogP contribution in [0.4, 0.5) is 5.69 Å². The highest BCUT2D eigenvalue weighted by Gasteiger charge is 2.33. The van der Waals surface area contributed by atoms with Crippen molar-refractivity contribution in [2.75, 3.05) is 72.0 Å². The van der Waals surface area contributed by atoms with Gasteiger partial charge in [-0.2, -0.15) is 4.31 Å². The van der Waals surface area contributed by atoms with E-state index in [4.69, 9.17) is 14.2 Å². The summed E-state index contributed by atoms with van der Waals surface area (Å²) in [5, 5.41) is 12.8. The van der Waals surface area contributed by atoms with Crippen LogP contribution in [0.25, 0.3) is 0 Å². The lowest BCUT2D eigenvalue weighted by molar-refractivity contribution is -0.134. The Kier molecular flexibility index (Phi) is 11.6. The molecular formula is C31H44N4O8S. The Morgan fingerprint density at radius 3 is 2.55 bits per heavy atom. The first-order valence-corrected chi connectivity index (χ1v) is 16.4. The number of hydrogen-bond acceptors (Lipinski definition) is 9. The number of methoxy groups -OCH3 is 1. The molecule has 4 rings (SSSR count). The van der Waals surface area contributed by atoms with Crippen LogP contribution in [-0.2, 0) is 30.8 Å². The van der Waals surface area contributed by atoms with E-state index in [-0.39, 0.29) is 48.7 Å². The highest BCUT2D eigenvalue weighted by molar-refractivity contribution is 7.89. The minimum Gasteiger partial charge on any atom is -0.497 e. The lowest BCUT2D eigenvalue weighted by Gasteiger charge is -2.33. The molecule has 0 radical (unpaired) electrons. The van der Waals surface area contributed by atoms with Crippen molar-refractivity contribution < 1.29 is 37.3 Å². The van der Waals surface area contributed by atoms with Crippen molar-refractivity contribution in [1.29, 1.82) is 0 Å². The number of amides is 2. The second-order valence-corrected chi connectivity index (χ2v) is 13.5. The van der Waals surface area contributed by atoms with E-state index in [0.717, 1.165) is 13.1 Å². The number of sulfonamides is 1. The predicted molar refractivity (Wildman–Crippen MR) is 165 cm³/mol. The largest absolute Gasteiger partial charge is 0.497 e. The number of aliphatic hydroxyl groups is 1.